The Balaban J connectivity index is 1.68. The molecule has 4 heterocycles. The molecule has 2 N–H and O–H groups in total. The van der Waals surface area contributed by atoms with Gasteiger partial charge in [0.25, 0.3) is 11.4 Å². The van der Waals surface area contributed by atoms with Gasteiger partial charge in [0.15, 0.2) is 5.82 Å². The number of hydrogen-bond acceptors (Lipinski definition) is 6. The molecule has 1 fully saturated rings. The van der Waals surface area contributed by atoms with Crippen LogP contribution in [-0.4, -0.2) is 37.3 Å². The second-order valence-corrected chi connectivity index (χ2v) is 11.1. The van der Waals surface area contributed by atoms with Crippen molar-refractivity contribution in [3.8, 4) is 11.5 Å². The van der Waals surface area contributed by atoms with E-state index in [1.807, 2.05) is 4.52 Å². The molecule has 1 saturated heterocycles. The van der Waals surface area contributed by atoms with Gasteiger partial charge in [0.1, 0.15) is 11.2 Å². The van der Waals surface area contributed by atoms with Crippen molar-refractivity contribution in [1.82, 2.24) is 30.1 Å². The Kier molecular flexibility index (Phi) is 6.00. The smallest absolute Gasteiger partial charge is 0.263 e. The Hall–Kier alpha value is -2.48. The summed E-state index contributed by atoms with van der Waals surface area (Å²) in [5.74, 6) is 1.33. The van der Waals surface area contributed by atoms with Crippen LogP contribution < -0.4 is 10.9 Å². The van der Waals surface area contributed by atoms with E-state index >= 15 is 0 Å². The first kappa shape index (κ1) is 22.7. The minimum absolute atomic E-state index is 0.133. The molecule has 32 heavy (non-hydrogen) atoms. The molecule has 2 unspecified atom stereocenters. The van der Waals surface area contributed by atoms with Crippen molar-refractivity contribution in [3.05, 3.63) is 34.1 Å². The van der Waals surface area contributed by atoms with Crippen LogP contribution >= 0.6 is 0 Å². The lowest BCUT2D eigenvalue weighted by Gasteiger charge is -2.34. The second kappa shape index (κ2) is 8.46. The normalized spacial score (nSPS) is 20.2. The van der Waals surface area contributed by atoms with Gasteiger partial charge in [-0.1, -0.05) is 53.1 Å². The van der Waals surface area contributed by atoms with Gasteiger partial charge in [0.05, 0.1) is 11.9 Å². The van der Waals surface area contributed by atoms with Crippen molar-refractivity contribution in [2.45, 2.75) is 91.0 Å². The topological polar surface area (TPSA) is 101 Å². The lowest BCUT2D eigenvalue weighted by atomic mass is 9.81. The summed E-state index contributed by atoms with van der Waals surface area (Å²) in [6, 6.07) is 2.12. The Morgan fingerprint density at radius 1 is 1.25 bits per heavy atom. The number of aromatic amines is 1. The van der Waals surface area contributed by atoms with Crippen LogP contribution in [0.4, 0.5) is 0 Å². The van der Waals surface area contributed by atoms with Gasteiger partial charge in [0, 0.05) is 23.4 Å². The van der Waals surface area contributed by atoms with E-state index in [0.717, 1.165) is 44.3 Å². The van der Waals surface area contributed by atoms with Crippen molar-refractivity contribution in [3.63, 3.8) is 0 Å². The van der Waals surface area contributed by atoms with Crippen LogP contribution in [0.1, 0.15) is 91.1 Å². The van der Waals surface area contributed by atoms with E-state index in [-0.39, 0.29) is 22.3 Å². The zero-order valence-electron chi connectivity index (χ0n) is 20.2. The molecule has 3 aromatic rings. The van der Waals surface area contributed by atoms with Crippen LogP contribution in [0.15, 0.2) is 21.6 Å². The lowest BCUT2D eigenvalue weighted by molar-refractivity contribution is 0.257. The highest BCUT2D eigenvalue weighted by Gasteiger charge is 2.30. The van der Waals surface area contributed by atoms with Crippen LogP contribution in [0, 0.1) is 5.41 Å². The second-order valence-electron chi connectivity index (χ2n) is 11.1. The fraction of sp³-hybridized carbons (Fsp3) is 0.667. The molecule has 0 aromatic carbocycles. The summed E-state index contributed by atoms with van der Waals surface area (Å²) in [4.78, 5) is 20.2. The fourth-order valence-electron chi connectivity index (χ4n) is 4.97. The molecule has 2 atom stereocenters. The molecule has 1 aliphatic heterocycles. The molecule has 0 bridgehead atoms. The van der Waals surface area contributed by atoms with Crippen LogP contribution in [0.3, 0.4) is 0 Å². The van der Waals surface area contributed by atoms with Crippen molar-refractivity contribution in [1.29, 1.82) is 0 Å². The molecule has 0 spiro atoms. The number of nitrogens with zero attached hydrogens (tertiary/aromatic N) is 4. The van der Waals surface area contributed by atoms with Crippen molar-refractivity contribution >= 4 is 5.65 Å². The molecule has 3 aromatic heterocycles. The summed E-state index contributed by atoms with van der Waals surface area (Å²) >= 11 is 0. The third-order valence-corrected chi connectivity index (χ3v) is 6.44. The quantitative estimate of drug-likeness (QED) is 0.588. The molecule has 8 nitrogen and oxygen atoms in total. The van der Waals surface area contributed by atoms with E-state index < -0.39 is 0 Å². The molecule has 0 amide bonds. The van der Waals surface area contributed by atoms with Gasteiger partial charge in [-0.15, -0.1) is 0 Å². The van der Waals surface area contributed by atoms with E-state index in [4.69, 9.17) is 4.52 Å². The van der Waals surface area contributed by atoms with Gasteiger partial charge < -0.3 is 14.8 Å². The molecule has 0 radical (unpaired) electrons. The number of piperidine rings is 1. The third kappa shape index (κ3) is 4.65. The summed E-state index contributed by atoms with van der Waals surface area (Å²) in [6.45, 7) is 14.1. The van der Waals surface area contributed by atoms with Crippen LogP contribution in [0.5, 0.6) is 0 Å². The monoisotopic (exact) mass is 440 g/mol. The summed E-state index contributed by atoms with van der Waals surface area (Å²) in [5, 5.41) is 12.5. The summed E-state index contributed by atoms with van der Waals surface area (Å²) in [6.07, 6.45) is 6.78. The minimum Gasteiger partial charge on any atom is -0.334 e. The average Bonchev–Trinajstić information content (AvgIpc) is 3.33. The van der Waals surface area contributed by atoms with Crippen molar-refractivity contribution < 1.29 is 4.52 Å². The van der Waals surface area contributed by atoms with Crippen molar-refractivity contribution in [2.24, 2.45) is 5.41 Å². The first-order chi connectivity index (χ1) is 15.1. The maximum absolute atomic E-state index is 12.6. The number of H-pyrrole nitrogens is 1. The van der Waals surface area contributed by atoms with Crippen LogP contribution in [-0.2, 0) is 5.41 Å². The standard InChI is InChI=1S/C24H36N6O2/c1-7-9-24(5,6)22-28-21(32-29-22)17-14-26-30-18(12-19(31)27-20(17)30)15-8-10-25-16(11-15)13-23(2,3)4/h12,14-16,25H,7-11,13H2,1-6H3,(H,27,31). The number of hydrogen-bond donors (Lipinski definition) is 2. The van der Waals surface area contributed by atoms with Gasteiger partial charge in [0.2, 0.25) is 0 Å². The van der Waals surface area contributed by atoms with Gasteiger partial charge in [-0.3, -0.25) is 4.79 Å². The molecular weight excluding hydrogens is 404 g/mol. The van der Waals surface area contributed by atoms with Crippen molar-refractivity contribution in [2.75, 3.05) is 6.54 Å². The maximum Gasteiger partial charge on any atom is 0.263 e. The predicted molar refractivity (Wildman–Crippen MR) is 125 cm³/mol. The molecule has 0 aliphatic carbocycles. The highest BCUT2D eigenvalue weighted by molar-refractivity contribution is 5.71. The Labute approximate surface area is 189 Å². The first-order valence-electron chi connectivity index (χ1n) is 11.8. The Morgan fingerprint density at radius 3 is 2.75 bits per heavy atom. The van der Waals surface area contributed by atoms with Crippen LogP contribution in [0.2, 0.25) is 0 Å². The zero-order chi connectivity index (χ0) is 23.1. The summed E-state index contributed by atoms with van der Waals surface area (Å²) < 4.78 is 7.45. The zero-order valence-corrected chi connectivity index (χ0v) is 20.2. The molecule has 4 rings (SSSR count). The number of aromatic nitrogens is 5. The molecule has 174 valence electrons. The van der Waals surface area contributed by atoms with E-state index in [9.17, 15) is 4.79 Å². The van der Waals surface area contributed by atoms with Crippen LogP contribution in [0.25, 0.3) is 17.1 Å². The summed E-state index contributed by atoms with van der Waals surface area (Å²) in [5.41, 5.74) is 2.17. The van der Waals surface area contributed by atoms with Gasteiger partial charge in [-0.25, -0.2) is 4.52 Å². The largest absolute Gasteiger partial charge is 0.334 e. The molecule has 1 aliphatic rings. The van der Waals surface area contributed by atoms with Gasteiger partial charge >= 0.3 is 0 Å². The van der Waals surface area contributed by atoms with E-state index in [0.29, 0.717) is 29.0 Å². The van der Waals surface area contributed by atoms with Gasteiger partial charge in [-0.2, -0.15) is 10.1 Å². The minimum atomic E-state index is -0.171. The fourth-order valence-corrected chi connectivity index (χ4v) is 4.97. The molecule has 0 saturated carbocycles. The highest BCUT2D eigenvalue weighted by atomic mass is 16.5. The number of fused-ring (bicyclic) bond motifs is 1. The average molecular weight is 441 g/mol. The summed E-state index contributed by atoms with van der Waals surface area (Å²) in [7, 11) is 0. The third-order valence-electron chi connectivity index (χ3n) is 6.44. The van der Waals surface area contributed by atoms with Gasteiger partial charge in [-0.05, 0) is 37.6 Å². The number of nitrogens with one attached hydrogen (secondary N) is 2. The Morgan fingerprint density at radius 2 is 2.03 bits per heavy atom. The SMILES string of the molecule is CCCC(C)(C)c1noc(-c2cnn3c(C4CCNC(CC(C)(C)C)C4)cc(=O)[nH]c23)n1. The highest BCUT2D eigenvalue weighted by Crippen LogP contribution is 2.34. The number of rotatable bonds is 6. The lowest BCUT2D eigenvalue weighted by Crippen LogP contribution is -2.40. The maximum atomic E-state index is 12.6. The van der Waals surface area contributed by atoms with E-state index in [2.05, 4.69) is 67.1 Å². The predicted octanol–water partition coefficient (Wildman–Crippen LogP) is 4.42. The molecular formula is C24H36N6O2. The Bertz CT molecular complexity index is 1130. The van der Waals surface area contributed by atoms with E-state index in [1.54, 1.807) is 12.3 Å². The molecule has 8 heteroatoms. The first-order valence-corrected chi connectivity index (χ1v) is 11.8. The van der Waals surface area contributed by atoms with E-state index in [1.165, 1.54) is 0 Å².